The summed E-state index contributed by atoms with van der Waals surface area (Å²) in [4.78, 5) is 12.5. The predicted molar refractivity (Wildman–Crippen MR) is 120 cm³/mol. The fourth-order valence-electron chi connectivity index (χ4n) is 3.41. The number of carbonyl (C=O) groups excluding carboxylic acids is 1. The van der Waals surface area contributed by atoms with Gasteiger partial charge in [0.2, 0.25) is 0 Å². The smallest absolute Gasteiger partial charge is 0.323 e. The van der Waals surface area contributed by atoms with E-state index in [-0.39, 0.29) is 12.1 Å². The van der Waals surface area contributed by atoms with Crippen LogP contribution in [-0.4, -0.2) is 10.6 Å². The highest BCUT2D eigenvalue weighted by Gasteiger charge is 2.09. The zero-order chi connectivity index (χ0) is 20.2. The lowest BCUT2D eigenvalue weighted by Gasteiger charge is -2.17. The number of amides is 2. The zero-order valence-electron chi connectivity index (χ0n) is 16.5. The molecule has 0 saturated carbocycles. The summed E-state index contributed by atoms with van der Waals surface area (Å²) in [6.45, 7) is 2.10. The summed E-state index contributed by atoms with van der Waals surface area (Å²) in [5.41, 5.74) is 4.80. The van der Waals surface area contributed by atoms with E-state index in [1.807, 2.05) is 92.1 Å². The van der Waals surface area contributed by atoms with Crippen molar-refractivity contribution in [1.29, 1.82) is 0 Å². The number of urea groups is 1. The number of hydrogen-bond acceptors (Lipinski definition) is 2. The van der Waals surface area contributed by atoms with Crippen molar-refractivity contribution in [2.24, 2.45) is 7.05 Å². The van der Waals surface area contributed by atoms with Crippen molar-refractivity contribution >= 4 is 34.0 Å². The van der Waals surface area contributed by atoms with E-state index in [9.17, 15) is 4.79 Å². The monoisotopic (exact) mass is 384 g/mol. The third kappa shape index (κ3) is 4.41. The molecule has 1 aromatic heterocycles. The summed E-state index contributed by atoms with van der Waals surface area (Å²) in [6.07, 6.45) is 2.00. The van der Waals surface area contributed by atoms with Gasteiger partial charge in [0, 0.05) is 47.3 Å². The van der Waals surface area contributed by atoms with Gasteiger partial charge in [-0.15, -0.1) is 0 Å². The lowest BCUT2D eigenvalue weighted by Crippen LogP contribution is -2.19. The van der Waals surface area contributed by atoms with E-state index in [4.69, 9.17) is 0 Å². The molecule has 0 spiro atoms. The van der Waals surface area contributed by atoms with Crippen LogP contribution in [0.4, 0.5) is 21.9 Å². The molecule has 0 radical (unpaired) electrons. The molecule has 5 heteroatoms. The number of fused-ring (bicyclic) bond motifs is 1. The van der Waals surface area contributed by atoms with Gasteiger partial charge in [0.1, 0.15) is 0 Å². The van der Waals surface area contributed by atoms with Crippen LogP contribution in [0.3, 0.4) is 0 Å². The summed E-state index contributed by atoms with van der Waals surface area (Å²) in [7, 11) is 2.00. The molecular formula is C24H24N4O. The lowest BCUT2D eigenvalue weighted by atomic mass is 10.1. The second kappa shape index (κ2) is 8.10. The Morgan fingerprint density at radius 2 is 1.55 bits per heavy atom. The Hall–Kier alpha value is -3.73. The number of rotatable bonds is 5. The molecule has 0 aliphatic carbocycles. The quantitative estimate of drug-likeness (QED) is 0.395. The molecule has 3 N–H and O–H groups in total. The molecule has 1 unspecified atom stereocenters. The highest BCUT2D eigenvalue weighted by atomic mass is 16.2. The summed E-state index contributed by atoms with van der Waals surface area (Å²) in [5.74, 6) is 0. The average molecular weight is 384 g/mol. The number of aromatic nitrogens is 1. The SMILES string of the molecule is CC(Nc1ccccc1)c1cccc(NC(=O)Nc2ccc3c(ccn3C)c2)c1. The minimum absolute atomic E-state index is 0.114. The minimum Gasteiger partial charge on any atom is -0.379 e. The highest BCUT2D eigenvalue weighted by Crippen LogP contribution is 2.23. The van der Waals surface area contributed by atoms with Crippen LogP contribution in [-0.2, 0) is 7.05 Å². The molecule has 2 amide bonds. The Kier molecular flexibility index (Phi) is 5.20. The van der Waals surface area contributed by atoms with Crippen LogP contribution in [0.15, 0.2) is 85.1 Å². The molecule has 4 aromatic rings. The molecule has 0 aliphatic heterocycles. The first-order valence-corrected chi connectivity index (χ1v) is 9.63. The van der Waals surface area contributed by atoms with Crippen LogP contribution in [0.5, 0.6) is 0 Å². The van der Waals surface area contributed by atoms with Gasteiger partial charge in [0.05, 0.1) is 0 Å². The third-order valence-electron chi connectivity index (χ3n) is 4.94. The van der Waals surface area contributed by atoms with E-state index >= 15 is 0 Å². The van der Waals surface area contributed by atoms with E-state index in [0.29, 0.717) is 0 Å². The first kappa shape index (κ1) is 18.6. The standard InChI is InChI=1S/C24H24N4O/c1-17(25-20-8-4-3-5-9-20)18-7-6-10-21(15-18)26-24(29)27-22-11-12-23-19(16-22)13-14-28(23)2/h3-17,25H,1-2H3,(H2,26,27,29). The van der Waals surface area contributed by atoms with Crippen molar-refractivity contribution in [3.63, 3.8) is 0 Å². The van der Waals surface area contributed by atoms with Gasteiger partial charge in [0.15, 0.2) is 0 Å². The van der Waals surface area contributed by atoms with E-state index in [1.165, 1.54) is 0 Å². The fraction of sp³-hybridized carbons (Fsp3) is 0.125. The van der Waals surface area contributed by atoms with Crippen LogP contribution < -0.4 is 16.0 Å². The molecule has 29 heavy (non-hydrogen) atoms. The Morgan fingerprint density at radius 1 is 0.828 bits per heavy atom. The molecule has 1 heterocycles. The molecule has 0 bridgehead atoms. The van der Waals surface area contributed by atoms with Gasteiger partial charge in [-0.3, -0.25) is 0 Å². The zero-order valence-corrected chi connectivity index (χ0v) is 16.5. The van der Waals surface area contributed by atoms with Crippen molar-refractivity contribution in [1.82, 2.24) is 4.57 Å². The maximum absolute atomic E-state index is 12.5. The first-order chi connectivity index (χ1) is 14.1. The van der Waals surface area contributed by atoms with E-state index in [2.05, 4.69) is 27.4 Å². The van der Waals surface area contributed by atoms with Crippen molar-refractivity contribution in [3.8, 4) is 0 Å². The largest absolute Gasteiger partial charge is 0.379 e. The Balaban J connectivity index is 1.42. The van der Waals surface area contributed by atoms with Crippen LogP contribution in [0.2, 0.25) is 0 Å². The van der Waals surface area contributed by atoms with Crippen molar-refractivity contribution in [2.45, 2.75) is 13.0 Å². The van der Waals surface area contributed by atoms with Gasteiger partial charge < -0.3 is 20.5 Å². The van der Waals surface area contributed by atoms with E-state index in [0.717, 1.165) is 33.5 Å². The molecule has 0 fully saturated rings. The number of para-hydroxylation sites is 1. The van der Waals surface area contributed by atoms with Gasteiger partial charge in [0.25, 0.3) is 0 Å². The van der Waals surface area contributed by atoms with Gasteiger partial charge in [-0.25, -0.2) is 4.79 Å². The molecule has 146 valence electrons. The van der Waals surface area contributed by atoms with Gasteiger partial charge in [-0.1, -0.05) is 30.3 Å². The molecular weight excluding hydrogens is 360 g/mol. The average Bonchev–Trinajstić information content (AvgIpc) is 3.09. The third-order valence-corrected chi connectivity index (χ3v) is 4.94. The normalized spacial score (nSPS) is 11.8. The first-order valence-electron chi connectivity index (χ1n) is 9.63. The summed E-state index contributed by atoms with van der Waals surface area (Å²) >= 11 is 0. The van der Waals surface area contributed by atoms with Gasteiger partial charge >= 0.3 is 6.03 Å². The molecule has 4 rings (SSSR count). The number of benzene rings is 3. The predicted octanol–water partition coefficient (Wildman–Crippen LogP) is 6.00. The summed E-state index contributed by atoms with van der Waals surface area (Å²) in [5, 5.41) is 10.4. The van der Waals surface area contributed by atoms with Crippen LogP contribution in [0, 0.1) is 0 Å². The number of nitrogens with one attached hydrogen (secondary N) is 3. The number of anilines is 3. The van der Waals surface area contributed by atoms with E-state index in [1.54, 1.807) is 0 Å². The molecule has 0 saturated heterocycles. The summed E-state index contributed by atoms with van der Waals surface area (Å²) < 4.78 is 2.05. The maximum Gasteiger partial charge on any atom is 0.323 e. The lowest BCUT2D eigenvalue weighted by molar-refractivity contribution is 0.262. The highest BCUT2D eigenvalue weighted by molar-refractivity contribution is 6.01. The van der Waals surface area contributed by atoms with E-state index < -0.39 is 0 Å². The summed E-state index contributed by atoms with van der Waals surface area (Å²) in [6, 6.07) is 25.7. The molecule has 5 nitrogen and oxygen atoms in total. The number of carbonyl (C=O) groups is 1. The molecule has 1 atom stereocenters. The van der Waals surface area contributed by atoms with Crippen LogP contribution in [0.25, 0.3) is 10.9 Å². The Bertz CT molecular complexity index is 1130. The van der Waals surface area contributed by atoms with Crippen molar-refractivity contribution in [3.05, 3.63) is 90.6 Å². The maximum atomic E-state index is 12.5. The number of nitrogens with zero attached hydrogens (tertiary/aromatic N) is 1. The second-order valence-electron chi connectivity index (χ2n) is 7.14. The second-order valence-corrected chi connectivity index (χ2v) is 7.14. The molecule has 0 aliphatic rings. The fourth-order valence-corrected chi connectivity index (χ4v) is 3.41. The Morgan fingerprint density at radius 3 is 2.34 bits per heavy atom. The Labute approximate surface area is 170 Å². The number of aryl methyl sites for hydroxylation is 1. The van der Waals surface area contributed by atoms with Crippen molar-refractivity contribution < 1.29 is 4.79 Å². The topological polar surface area (TPSA) is 58.1 Å². The van der Waals surface area contributed by atoms with Crippen LogP contribution >= 0.6 is 0 Å². The van der Waals surface area contributed by atoms with Gasteiger partial charge in [-0.05, 0) is 61.0 Å². The van der Waals surface area contributed by atoms with Crippen molar-refractivity contribution in [2.75, 3.05) is 16.0 Å². The van der Waals surface area contributed by atoms with Crippen LogP contribution in [0.1, 0.15) is 18.5 Å². The van der Waals surface area contributed by atoms with Gasteiger partial charge in [-0.2, -0.15) is 0 Å². The number of hydrogen-bond donors (Lipinski definition) is 3. The minimum atomic E-state index is -0.263. The molecule has 3 aromatic carbocycles.